The smallest absolute Gasteiger partial charge is 0.338 e. The van der Waals surface area contributed by atoms with Crippen LogP contribution in [0.1, 0.15) is 17.3 Å². The molecule has 1 heterocycles. The van der Waals surface area contributed by atoms with Crippen molar-refractivity contribution >= 4 is 33.3 Å². The van der Waals surface area contributed by atoms with E-state index in [4.69, 9.17) is 9.47 Å². The Balaban J connectivity index is 1.74. The number of morpholine rings is 1. The quantitative estimate of drug-likeness (QED) is 0.359. The van der Waals surface area contributed by atoms with Crippen molar-refractivity contribution in [3.63, 3.8) is 0 Å². The highest BCUT2D eigenvalue weighted by Gasteiger charge is 2.30. The zero-order valence-electron chi connectivity index (χ0n) is 17.4. The summed E-state index contributed by atoms with van der Waals surface area (Å²) in [7, 11) is -4.22. The first kappa shape index (κ1) is 24.2. The number of carbonyl (C=O) groups excluding carboxylic acids is 2. The molecule has 0 saturated carbocycles. The lowest BCUT2D eigenvalue weighted by atomic mass is 10.2. The van der Waals surface area contributed by atoms with Crippen LogP contribution in [0.2, 0.25) is 0 Å². The summed E-state index contributed by atoms with van der Waals surface area (Å²) in [6, 6.07) is 8.11. The van der Waals surface area contributed by atoms with Gasteiger partial charge in [0.2, 0.25) is 10.0 Å². The summed E-state index contributed by atoms with van der Waals surface area (Å²) in [6.07, 6.45) is -1.39. The molecule has 1 atom stereocenters. The van der Waals surface area contributed by atoms with E-state index in [1.165, 1.54) is 31.2 Å². The van der Waals surface area contributed by atoms with Gasteiger partial charge in [-0.25, -0.2) is 17.6 Å². The lowest BCUT2D eigenvalue weighted by molar-refractivity contribution is -0.383. The normalized spacial score (nSPS) is 15.5. The summed E-state index contributed by atoms with van der Waals surface area (Å²) in [6.45, 7) is 1.64. The molecular formula is C20H20FN3O8S. The Morgan fingerprint density at radius 1 is 1.21 bits per heavy atom. The minimum absolute atomic E-state index is 0.0409. The van der Waals surface area contributed by atoms with Crippen molar-refractivity contribution in [2.75, 3.05) is 31.6 Å². The van der Waals surface area contributed by atoms with Gasteiger partial charge in [-0.2, -0.15) is 4.31 Å². The Morgan fingerprint density at radius 3 is 2.55 bits per heavy atom. The van der Waals surface area contributed by atoms with Crippen LogP contribution in [0.5, 0.6) is 0 Å². The number of nitro groups is 1. The molecule has 0 aliphatic carbocycles. The van der Waals surface area contributed by atoms with Crippen molar-refractivity contribution in [1.82, 2.24) is 4.31 Å². The van der Waals surface area contributed by atoms with Crippen molar-refractivity contribution in [3.05, 3.63) is 64.0 Å². The van der Waals surface area contributed by atoms with Crippen LogP contribution in [-0.4, -0.2) is 61.9 Å². The monoisotopic (exact) mass is 481 g/mol. The number of para-hydroxylation sites is 2. The van der Waals surface area contributed by atoms with Gasteiger partial charge in [0.05, 0.1) is 23.7 Å². The highest BCUT2D eigenvalue weighted by molar-refractivity contribution is 7.89. The number of nitrogens with one attached hydrogen (secondary N) is 1. The van der Waals surface area contributed by atoms with E-state index in [0.717, 1.165) is 22.5 Å². The van der Waals surface area contributed by atoms with Gasteiger partial charge in [0, 0.05) is 19.2 Å². The number of carbonyl (C=O) groups is 2. The summed E-state index contributed by atoms with van der Waals surface area (Å²) in [5.74, 6) is -2.96. The van der Waals surface area contributed by atoms with Gasteiger partial charge < -0.3 is 14.8 Å². The lowest BCUT2D eigenvalue weighted by Gasteiger charge is -2.26. The molecule has 0 aromatic heterocycles. The van der Waals surface area contributed by atoms with Gasteiger partial charge in [-0.3, -0.25) is 14.9 Å². The lowest BCUT2D eigenvalue weighted by Crippen LogP contribution is -2.41. The second kappa shape index (κ2) is 10.0. The Hall–Kier alpha value is -3.42. The fourth-order valence-corrected chi connectivity index (χ4v) is 4.51. The summed E-state index contributed by atoms with van der Waals surface area (Å²) >= 11 is 0. The zero-order valence-corrected chi connectivity index (χ0v) is 18.2. The number of nitro benzene ring substituents is 1. The number of halogens is 1. The number of anilines is 1. The van der Waals surface area contributed by atoms with E-state index in [-0.39, 0.29) is 43.2 Å². The minimum atomic E-state index is -4.22. The fraction of sp³-hybridized carbons (Fsp3) is 0.300. The Bertz CT molecular complexity index is 1180. The predicted octanol–water partition coefficient (Wildman–Crippen LogP) is 1.94. The topological polar surface area (TPSA) is 145 Å². The van der Waals surface area contributed by atoms with E-state index in [2.05, 4.69) is 5.32 Å². The van der Waals surface area contributed by atoms with Crippen molar-refractivity contribution in [1.29, 1.82) is 0 Å². The number of rotatable bonds is 7. The number of esters is 1. The Labute approximate surface area is 188 Å². The number of hydrogen-bond acceptors (Lipinski definition) is 8. The van der Waals surface area contributed by atoms with Crippen LogP contribution in [0, 0.1) is 15.9 Å². The van der Waals surface area contributed by atoms with Gasteiger partial charge in [-0.15, -0.1) is 0 Å². The van der Waals surface area contributed by atoms with Crippen LogP contribution < -0.4 is 5.32 Å². The number of benzene rings is 2. The third-order valence-electron chi connectivity index (χ3n) is 4.77. The molecule has 0 spiro atoms. The van der Waals surface area contributed by atoms with E-state index < -0.39 is 43.6 Å². The molecule has 0 bridgehead atoms. The SMILES string of the molecule is CC(OC(=O)c1ccc(F)c(S(=O)(=O)N2CCOCC2)c1)C(=O)Nc1ccccc1[N+](=O)[O-]. The zero-order chi connectivity index (χ0) is 24.2. The van der Waals surface area contributed by atoms with Gasteiger partial charge in [0.15, 0.2) is 6.10 Å². The predicted molar refractivity (Wildman–Crippen MR) is 113 cm³/mol. The van der Waals surface area contributed by atoms with Gasteiger partial charge in [-0.05, 0) is 31.2 Å². The second-order valence-electron chi connectivity index (χ2n) is 6.97. The van der Waals surface area contributed by atoms with E-state index in [1.807, 2.05) is 0 Å². The average molecular weight is 481 g/mol. The van der Waals surface area contributed by atoms with Gasteiger partial charge >= 0.3 is 5.97 Å². The van der Waals surface area contributed by atoms with E-state index in [9.17, 15) is 32.5 Å². The van der Waals surface area contributed by atoms with E-state index >= 15 is 0 Å². The summed E-state index contributed by atoms with van der Waals surface area (Å²) in [5, 5.41) is 13.4. The van der Waals surface area contributed by atoms with Gasteiger partial charge in [-0.1, -0.05) is 12.1 Å². The van der Waals surface area contributed by atoms with Crippen LogP contribution >= 0.6 is 0 Å². The Kier molecular flexibility index (Phi) is 7.36. The first-order chi connectivity index (χ1) is 15.6. The molecule has 176 valence electrons. The average Bonchev–Trinajstić information content (AvgIpc) is 2.79. The first-order valence-electron chi connectivity index (χ1n) is 9.74. The maximum Gasteiger partial charge on any atom is 0.338 e. The molecule has 1 amide bonds. The second-order valence-corrected chi connectivity index (χ2v) is 8.88. The number of hydrogen-bond donors (Lipinski definition) is 1. The molecule has 1 fully saturated rings. The first-order valence-corrected chi connectivity index (χ1v) is 11.2. The number of sulfonamides is 1. The third-order valence-corrected chi connectivity index (χ3v) is 6.68. The highest BCUT2D eigenvalue weighted by atomic mass is 32.2. The van der Waals surface area contributed by atoms with Gasteiger partial charge in [0.1, 0.15) is 16.4 Å². The molecule has 0 radical (unpaired) electrons. The number of amides is 1. The molecular weight excluding hydrogens is 461 g/mol. The fourth-order valence-electron chi connectivity index (χ4n) is 3.01. The molecule has 2 aromatic carbocycles. The summed E-state index contributed by atoms with van der Waals surface area (Å²) < 4.78 is 51.0. The summed E-state index contributed by atoms with van der Waals surface area (Å²) in [4.78, 5) is 34.5. The molecule has 1 unspecified atom stereocenters. The molecule has 1 N–H and O–H groups in total. The van der Waals surface area contributed by atoms with Crippen LogP contribution in [0.15, 0.2) is 47.4 Å². The van der Waals surface area contributed by atoms with Crippen molar-refractivity contribution in [2.45, 2.75) is 17.9 Å². The van der Waals surface area contributed by atoms with Crippen molar-refractivity contribution < 1.29 is 36.8 Å². The molecule has 13 heteroatoms. The molecule has 3 rings (SSSR count). The van der Waals surface area contributed by atoms with Crippen molar-refractivity contribution in [2.24, 2.45) is 0 Å². The molecule has 1 aliphatic heterocycles. The van der Waals surface area contributed by atoms with Crippen LogP contribution in [-0.2, 0) is 24.3 Å². The van der Waals surface area contributed by atoms with E-state index in [0.29, 0.717) is 0 Å². The van der Waals surface area contributed by atoms with Crippen LogP contribution in [0.25, 0.3) is 0 Å². The maximum atomic E-state index is 14.3. The number of ether oxygens (including phenoxy) is 2. The highest BCUT2D eigenvalue weighted by Crippen LogP contribution is 2.24. The number of nitrogens with zero attached hydrogens (tertiary/aromatic N) is 2. The van der Waals surface area contributed by atoms with Crippen LogP contribution in [0.4, 0.5) is 15.8 Å². The van der Waals surface area contributed by atoms with Crippen molar-refractivity contribution in [3.8, 4) is 0 Å². The molecule has 1 aliphatic rings. The maximum absolute atomic E-state index is 14.3. The molecule has 33 heavy (non-hydrogen) atoms. The van der Waals surface area contributed by atoms with Gasteiger partial charge in [0.25, 0.3) is 11.6 Å². The Morgan fingerprint density at radius 2 is 1.88 bits per heavy atom. The molecule has 11 nitrogen and oxygen atoms in total. The molecule has 2 aromatic rings. The van der Waals surface area contributed by atoms with E-state index in [1.54, 1.807) is 0 Å². The largest absolute Gasteiger partial charge is 0.449 e. The standard InChI is InChI=1S/C20H20FN3O8S/c1-13(19(25)22-16-4-2-3-5-17(16)24(27)28)32-20(26)14-6-7-15(21)18(12-14)33(29,30)23-8-10-31-11-9-23/h2-7,12-13H,8-11H2,1H3,(H,22,25). The molecule has 1 saturated heterocycles. The minimum Gasteiger partial charge on any atom is -0.449 e. The third kappa shape index (κ3) is 5.50. The summed E-state index contributed by atoms with van der Waals surface area (Å²) in [5.41, 5.74) is -0.717. The van der Waals surface area contributed by atoms with Crippen LogP contribution in [0.3, 0.4) is 0 Å².